The zero-order chi connectivity index (χ0) is 12.3. The van der Waals surface area contributed by atoms with Gasteiger partial charge in [-0.15, -0.1) is 0 Å². The fraction of sp³-hybridized carbons (Fsp3) is 0.500. The quantitative estimate of drug-likeness (QED) is 0.850. The summed E-state index contributed by atoms with van der Waals surface area (Å²) < 4.78 is 6.69. The normalized spacial score (nSPS) is 13.1. The minimum Gasteiger partial charge on any atom is -0.406 e. The Balaban J connectivity index is 2.23. The van der Waals surface area contributed by atoms with Crippen LogP contribution in [0.4, 0.5) is 0 Å². The van der Waals surface area contributed by atoms with E-state index in [0.29, 0.717) is 17.8 Å². The van der Waals surface area contributed by atoms with Crippen molar-refractivity contribution >= 4 is 11.2 Å². The van der Waals surface area contributed by atoms with Gasteiger partial charge in [-0.3, -0.25) is 4.57 Å². The molecule has 1 N–H and O–H groups in total. The Bertz CT molecular complexity index is 544. The summed E-state index contributed by atoms with van der Waals surface area (Å²) in [5.41, 5.74) is 1.16. The lowest BCUT2D eigenvalue weighted by atomic mass is 10.3. The molecule has 0 bridgehead atoms. The van der Waals surface area contributed by atoms with E-state index in [9.17, 15) is 4.79 Å². The molecular formula is C12H17N3O2. The molecule has 1 unspecified atom stereocenters. The highest BCUT2D eigenvalue weighted by Crippen LogP contribution is 2.08. The molecule has 0 saturated carbocycles. The number of hydrogen-bond donors (Lipinski definition) is 1. The van der Waals surface area contributed by atoms with E-state index in [1.807, 2.05) is 6.92 Å². The van der Waals surface area contributed by atoms with Crippen LogP contribution in [0.3, 0.4) is 0 Å². The van der Waals surface area contributed by atoms with Gasteiger partial charge in [0.2, 0.25) is 0 Å². The first-order valence-electron chi connectivity index (χ1n) is 5.90. The zero-order valence-corrected chi connectivity index (χ0v) is 10.1. The van der Waals surface area contributed by atoms with E-state index in [-0.39, 0.29) is 11.8 Å². The van der Waals surface area contributed by atoms with Gasteiger partial charge in [-0.1, -0.05) is 6.92 Å². The summed E-state index contributed by atoms with van der Waals surface area (Å²) in [5, 5.41) is 3.33. The molecule has 2 heterocycles. The Kier molecular flexibility index (Phi) is 3.58. The van der Waals surface area contributed by atoms with Gasteiger partial charge < -0.3 is 9.73 Å². The number of fused-ring (bicyclic) bond motifs is 1. The Morgan fingerprint density at radius 3 is 3.18 bits per heavy atom. The number of nitrogens with zero attached hydrogens (tertiary/aromatic N) is 2. The third-order valence-electron chi connectivity index (χ3n) is 2.62. The lowest BCUT2D eigenvalue weighted by molar-refractivity contribution is 0.440. The van der Waals surface area contributed by atoms with Crippen molar-refractivity contribution in [1.29, 1.82) is 0 Å². The molecule has 1 atom stereocenters. The van der Waals surface area contributed by atoms with Crippen LogP contribution in [0, 0.1) is 0 Å². The van der Waals surface area contributed by atoms with Crippen molar-refractivity contribution in [2.24, 2.45) is 0 Å². The first-order chi connectivity index (χ1) is 8.22. The Labute approximate surface area is 99.5 Å². The maximum atomic E-state index is 11.7. The molecule has 0 aliphatic carbocycles. The summed E-state index contributed by atoms with van der Waals surface area (Å²) in [6, 6.07) is 3.73. The monoisotopic (exact) mass is 235 g/mol. The van der Waals surface area contributed by atoms with Crippen LogP contribution < -0.4 is 11.1 Å². The summed E-state index contributed by atoms with van der Waals surface area (Å²) >= 11 is 0. The summed E-state index contributed by atoms with van der Waals surface area (Å²) in [6.45, 7) is 5.67. The van der Waals surface area contributed by atoms with Gasteiger partial charge in [0, 0.05) is 18.8 Å². The first kappa shape index (κ1) is 11.9. The van der Waals surface area contributed by atoms with Crippen molar-refractivity contribution in [2.75, 3.05) is 6.54 Å². The fourth-order valence-electron chi connectivity index (χ4n) is 1.79. The molecule has 0 radical (unpaired) electrons. The molecule has 0 aliphatic rings. The number of pyridine rings is 1. The molecule has 92 valence electrons. The molecular weight excluding hydrogens is 218 g/mol. The van der Waals surface area contributed by atoms with Gasteiger partial charge in [-0.2, -0.15) is 0 Å². The number of rotatable bonds is 5. The van der Waals surface area contributed by atoms with Gasteiger partial charge in [-0.05, 0) is 32.0 Å². The molecule has 5 nitrogen and oxygen atoms in total. The van der Waals surface area contributed by atoms with Crippen molar-refractivity contribution in [1.82, 2.24) is 14.9 Å². The lowest BCUT2D eigenvalue weighted by Gasteiger charge is -2.12. The molecule has 2 aromatic heterocycles. The highest BCUT2D eigenvalue weighted by Gasteiger charge is 2.12. The van der Waals surface area contributed by atoms with Crippen molar-refractivity contribution in [3.8, 4) is 0 Å². The summed E-state index contributed by atoms with van der Waals surface area (Å²) in [5.74, 6) is -0.344. The number of nitrogens with one attached hydrogen (secondary N) is 1. The second kappa shape index (κ2) is 5.14. The van der Waals surface area contributed by atoms with E-state index >= 15 is 0 Å². The van der Waals surface area contributed by atoms with Gasteiger partial charge >= 0.3 is 5.76 Å². The van der Waals surface area contributed by atoms with Crippen LogP contribution >= 0.6 is 0 Å². The second-order valence-electron chi connectivity index (χ2n) is 4.16. The molecule has 0 aliphatic heterocycles. The van der Waals surface area contributed by atoms with E-state index in [2.05, 4.69) is 17.2 Å². The van der Waals surface area contributed by atoms with Crippen LogP contribution in [0.15, 0.2) is 27.5 Å². The van der Waals surface area contributed by atoms with Gasteiger partial charge in [0.1, 0.15) is 0 Å². The maximum Gasteiger partial charge on any atom is 0.421 e. The minimum absolute atomic E-state index is 0.218. The second-order valence-corrected chi connectivity index (χ2v) is 4.16. The van der Waals surface area contributed by atoms with E-state index in [4.69, 9.17) is 4.42 Å². The van der Waals surface area contributed by atoms with Crippen molar-refractivity contribution in [3.63, 3.8) is 0 Å². The zero-order valence-electron chi connectivity index (χ0n) is 10.1. The molecule has 0 fully saturated rings. The van der Waals surface area contributed by atoms with Gasteiger partial charge in [0.15, 0.2) is 11.2 Å². The number of aromatic nitrogens is 2. The smallest absolute Gasteiger partial charge is 0.406 e. The third kappa shape index (κ3) is 2.55. The lowest BCUT2D eigenvalue weighted by Crippen LogP contribution is -2.33. The highest BCUT2D eigenvalue weighted by molar-refractivity contribution is 5.67. The van der Waals surface area contributed by atoms with Crippen LogP contribution in [0.25, 0.3) is 11.2 Å². The molecule has 0 amide bonds. The van der Waals surface area contributed by atoms with Crippen LogP contribution in [0.1, 0.15) is 20.3 Å². The molecule has 5 heteroatoms. The topological polar surface area (TPSA) is 60.1 Å². The molecule has 2 aromatic rings. The average molecular weight is 235 g/mol. The predicted molar refractivity (Wildman–Crippen MR) is 66.0 cm³/mol. The van der Waals surface area contributed by atoms with E-state index in [1.165, 1.54) is 0 Å². The van der Waals surface area contributed by atoms with Crippen LogP contribution in [0.5, 0.6) is 0 Å². The standard InChI is InChI=1S/C12H17N3O2/c1-3-6-13-9(2)8-15-11-10(17-12(15)16)5-4-7-14-11/h4-5,7,9,13H,3,6,8H2,1-2H3. The van der Waals surface area contributed by atoms with E-state index < -0.39 is 0 Å². The van der Waals surface area contributed by atoms with Gasteiger partial charge in [0.25, 0.3) is 0 Å². The molecule has 17 heavy (non-hydrogen) atoms. The summed E-state index contributed by atoms with van der Waals surface area (Å²) in [7, 11) is 0. The molecule has 0 spiro atoms. The Morgan fingerprint density at radius 2 is 2.41 bits per heavy atom. The summed E-state index contributed by atoms with van der Waals surface area (Å²) in [6.07, 6.45) is 2.74. The maximum absolute atomic E-state index is 11.7. The average Bonchev–Trinajstić information content (AvgIpc) is 2.64. The van der Waals surface area contributed by atoms with Crippen molar-refractivity contribution in [3.05, 3.63) is 28.9 Å². The molecule has 0 saturated heterocycles. The summed E-state index contributed by atoms with van der Waals surface area (Å²) in [4.78, 5) is 15.9. The predicted octanol–water partition coefficient (Wildman–Crippen LogP) is 1.38. The van der Waals surface area contributed by atoms with Gasteiger partial charge in [-0.25, -0.2) is 9.78 Å². The fourth-order valence-corrected chi connectivity index (χ4v) is 1.79. The number of hydrogen-bond acceptors (Lipinski definition) is 4. The SMILES string of the molecule is CCCNC(C)Cn1c(=O)oc2cccnc21. The van der Waals surface area contributed by atoms with Gasteiger partial charge in [0.05, 0.1) is 0 Å². The van der Waals surface area contributed by atoms with E-state index in [1.54, 1.807) is 22.9 Å². The number of oxazole rings is 1. The van der Waals surface area contributed by atoms with Crippen LogP contribution in [-0.4, -0.2) is 22.1 Å². The molecule has 0 aromatic carbocycles. The Hall–Kier alpha value is -1.62. The van der Waals surface area contributed by atoms with Crippen molar-refractivity contribution in [2.45, 2.75) is 32.9 Å². The molecule has 2 rings (SSSR count). The van der Waals surface area contributed by atoms with Crippen LogP contribution in [0.2, 0.25) is 0 Å². The third-order valence-corrected chi connectivity index (χ3v) is 2.62. The largest absolute Gasteiger partial charge is 0.421 e. The highest BCUT2D eigenvalue weighted by atomic mass is 16.4. The first-order valence-corrected chi connectivity index (χ1v) is 5.90. The minimum atomic E-state index is -0.344. The Morgan fingerprint density at radius 1 is 1.59 bits per heavy atom. The van der Waals surface area contributed by atoms with E-state index in [0.717, 1.165) is 13.0 Å². The van der Waals surface area contributed by atoms with Crippen LogP contribution in [-0.2, 0) is 6.54 Å². The van der Waals surface area contributed by atoms with Crippen molar-refractivity contribution < 1.29 is 4.42 Å².